The largest absolute Gasteiger partial charge is 0.369 e. The molecular weight excluding hydrogens is 378 g/mol. The molecule has 1 heterocycles. The van der Waals surface area contributed by atoms with Crippen molar-refractivity contribution in [1.82, 2.24) is 4.98 Å². The zero-order chi connectivity index (χ0) is 15.5. The highest BCUT2D eigenvalue weighted by Gasteiger charge is 2.20. The van der Waals surface area contributed by atoms with Gasteiger partial charge in [-0.1, -0.05) is 11.6 Å². The predicted octanol–water partition coefficient (Wildman–Crippen LogP) is 3.73. The van der Waals surface area contributed by atoms with Crippen molar-refractivity contribution in [3.63, 3.8) is 0 Å². The summed E-state index contributed by atoms with van der Waals surface area (Å²) in [4.78, 5) is 4.13. The van der Waals surface area contributed by atoms with Gasteiger partial charge in [0, 0.05) is 22.2 Å². The van der Waals surface area contributed by atoms with Crippen molar-refractivity contribution in [2.24, 2.45) is 0 Å². The monoisotopic (exact) mass is 389 g/mol. The highest BCUT2D eigenvalue weighted by atomic mass is 79.9. The van der Waals surface area contributed by atoms with Gasteiger partial charge in [0.05, 0.1) is 5.69 Å². The number of sulfonamides is 1. The second-order valence-corrected chi connectivity index (χ2v) is 7.05. The number of hydrogen-bond donors (Lipinski definition) is 2. The maximum absolute atomic E-state index is 12.5. The molecule has 0 atom stereocenters. The van der Waals surface area contributed by atoms with Crippen LogP contribution in [0.3, 0.4) is 0 Å². The normalized spacial score (nSPS) is 11.2. The third-order valence-corrected chi connectivity index (χ3v) is 4.90. The van der Waals surface area contributed by atoms with Crippen LogP contribution in [0.25, 0.3) is 0 Å². The molecule has 1 aromatic heterocycles. The topological polar surface area (TPSA) is 71.1 Å². The zero-order valence-electron chi connectivity index (χ0n) is 11.1. The van der Waals surface area contributed by atoms with Crippen LogP contribution in [-0.2, 0) is 10.0 Å². The van der Waals surface area contributed by atoms with Crippen molar-refractivity contribution in [2.45, 2.75) is 11.8 Å². The van der Waals surface area contributed by atoms with Gasteiger partial charge in [0.25, 0.3) is 10.0 Å². The average molecular weight is 391 g/mol. The Hall–Kier alpha value is -1.31. The lowest BCUT2D eigenvalue weighted by atomic mass is 10.3. The highest BCUT2D eigenvalue weighted by molar-refractivity contribution is 9.10. The van der Waals surface area contributed by atoms with Crippen molar-refractivity contribution in [2.75, 3.05) is 16.6 Å². The van der Waals surface area contributed by atoms with Crippen LogP contribution in [0.5, 0.6) is 0 Å². The summed E-state index contributed by atoms with van der Waals surface area (Å²) in [6.07, 6.45) is 1.53. The van der Waals surface area contributed by atoms with Gasteiger partial charge in [-0.2, -0.15) is 0 Å². The molecule has 2 N–H and O–H groups in total. The van der Waals surface area contributed by atoms with Gasteiger partial charge in [-0.25, -0.2) is 13.4 Å². The standard InChI is InChI=1S/C13H13BrClN3O2S/c1-2-16-13-12(4-3-7-17-13)21(19,20)18-11-8-9(15)5-6-10(11)14/h3-8,18H,2H2,1H3,(H,16,17). The first-order valence-electron chi connectivity index (χ1n) is 6.11. The Morgan fingerprint density at radius 2 is 2.10 bits per heavy atom. The fourth-order valence-electron chi connectivity index (χ4n) is 1.68. The predicted molar refractivity (Wildman–Crippen MR) is 88.4 cm³/mol. The number of hydrogen-bond acceptors (Lipinski definition) is 4. The van der Waals surface area contributed by atoms with Crippen LogP contribution in [-0.4, -0.2) is 19.9 Å². The van der Waals surface area contributed by atoms with E-state index in [9.17, 15) is 8.42 Å². The smallest absolute Gasteiger partial charge is 0.265 e. The first kappa shape index (κ1) is 16.1. The molecule has 5 nitrogen and oxygen atoms in total. The van der Waals surface area contributed by atoms with Crippen molar-refractivity contribution in [1.29, 1.82) is 0 Å². The Bertz CT molecular complexity index is 753. The lowest BCUT2D eigenvalue weighted by molar-refractivity contribution is 0.601. The van der Waals surface area contributed by atoms with Gasteiger partial charge in [-0.15, -0.1) is 0 Å². The van der Waals surface area contributed by atoms with Gasteiger partial charge in [-0.3, -0.25) is 4.72 Å². The molecule has 1 aromatic carbocycles. The Balaban J connectivity index is 2.41. The fraction of sp³-hybridized carbons (Fsp3) is 0.154. The molecule has 0 spiro atoms. The first-order valence-corrected chi connectivity index (χ1v) is 8.76. The number of anilines is 2. The van der Waals surface area contributed by atoms with Crippen molar-refractivity contribution >= 4 is 49.1 Å². The Kier molecular flexibility index (Phi) is 5.08. The number of aromatic nitrogens is 1. The van der Waals surface area contributed by atoms with E-state index >= 15 is 0 Å². The molecule has 0 aliphatic rings. The summed E-state index contributed by atoms with van der Waals surface area (Å²) in [6.45, 7) is 2.44. The Labute approximate surface area is 136 Å². The van der Waals surface area contributed by atoms with Gasteiger partial charge >= 0.3 is 0 Å². The molecule has 0 amide bonds. The summed E-state index contributed by atoms with van der Waals surface area (Å²) >= 11 is 9.18. The van der Waals surface area contributed by atoms with Crippen LogP contribution in [0.1, 0.15) is 6.92 Å². The molecule has 0 radical (unpaired) electrons. The second-order valence-electron chi connectivity index (χ2n) is 4.11. The van der Waals surface area contributed by atoms with E-state index in [4.69, 9.17) is 11.6 Å². The fourth-order valence-corrected chi connectivity index (χ4v) is 3.54. The summed E-state index contributed by atoms with van der Waals surface area (Å²) in [5, 5.41) is 3.36. The van der Waals surface area contributed by atoms with Gasteiger partial charge < -0.3 is 5.32 Å². The Morgan fingerprint density at radius 1 is 1.33 bits per heavy atom. The quantitative estimate of drug-likeness (QED) is 0.816. The SMILES string of the molecule is CCNc1ncccc1S(=O)(=O)Nc1cc(Cl)ccc1Br. The van der Waals surface area contributed by atoms with E-state index in [1.54, 1.807) is 18.2 Å². The molecule has 0 aliphatic heterocycles. The summed E-state index contributed by atoms with van der Waals surface area (Å²) < 4.78 is 28.1. The average Bonchev–Trinajstić information content (AvgIpc) is 2.43. The minimum Gasteiger partial charge on any atom is -0.369 e. The van der Waals surface area contributed by atoms with Gasteiger partial charge in [-0.05, 0) is 53.2 Å². The number of nitrogens with one attached hydrogen (secondary N) is 2. The summed E-state index contributed by atoms with van der Waals surface area (Å²) in [7, 11) is -3.77. The Morgan fingerprint density at radius 3 is 2.81 bits per heavy atom. The van der Waals surface area contributed by atoms with Crippen LogP contribution in [0.4, 0.5) is 11.5 Å². The molecule has 0 saturated carbocycles. The molecular formula is C13H13BrClN3O2S. The molecule has 2 aromatic rings. The molecule has 8 heteroatoms. The molecule has 0 unspecified atom stereocenters. The van der Waals surface area contributed by atoms with E-state index < -0.39 is 10.0 Å². The summed E-state index contributed by atoms with van der Waals surface area (Å²) in [6, 6.07) is 7.94. The van der Waals surface area contributed by atoms with Crippen LogP contribution in [0.15, 0.2) is 45.9 Å². The highest BCUT2D eigenvalue weighted by Crippen LogP contribution is 2.29. The zero-order valence-corrected chi connectivity index (χ0v) is 14.3. The van der Waals surface area contributed by atoms with Gasteiger partial charge in [0.15, 0.2) is 0 Å². The van der Waals surface area contributed by atoms with E-state index in [0.717, 1.165) is 0 Å². The second kappa shape index (κ2) is 6.64. The van der Waals surface area contributed by atoms with Crippen molar-refractivity contribution in [3.05, 3.63) is 46.0 Å². The van der Waals surface area contributed by atoms with Crippen molar-refractivity contribution in [3.8, 4) is 0 Å². The maximum Gasteiger partial charge on any atom is 0.265 e. The third-order valence-electron chi connectivity index (χ3n) is 2.58. The molecule has 2 rings (SSSR count). The number of halogens is 2. The molecule has 21 heavy (non-hydrogen) atoms. The molecule has 0 bridgehead atoms. The lowest BCUT2D eigenvalue weighted by Gasteiger charge is -2.13. The number of pyridine rings is 1. The number of rotatable bonds is 5. The van der Waals surface area contributed by atoms with E-state index in [-0.39, 0.29) is 4.90 Å². The van der Waals surface area contributed by atoms with Crippen molar-refractivity contribution < 1.29 is 8.42 Å². The van der Waals surface area contributed by atoms with E-state index in [1.165, 1.54) is 18.3 Å². The summed E-state index contributed by atoms with van der Waals surface area (Å²) in [5.74, 6) is 0.311. The van der Waals surface area contributed by atoms with Crippen LogP contribution in [0.2, 0.25) is 5.02 Å². The van der Waals surface area contributed by atoms with Crippen LogP contribution in [0, 0.1) is 0 Å². The van der Waals surface area contributed by atoms with Gasteiger partial charge in [0.2, 0.25) is 0 Å². The molecule has 0 aliphatic carbocycles. The minimum absolute atomic E-state index is 0.0822. The lowest BCUT2D eigenvalue weighted by Crippen LogP contribution is -2.16. The number of nitrogens with zero attached hydrogens (tertiary/aromatic N) is 1. The molecule has 0 saturated heterocycles. The first-order chi connectivity index (χ1) is 9.94. The third kappa shape index (κ3) is 3.87. The molecule has 0 fully saturated rings. The van der Waals surface area contributed by atoms with E-state index in [2.05, 4.69) is 31.0 Å². The number of benzene rings is 1. The van der Waals surface area contributed by atoms with Crippen LogP contribution < -0.4 is 10.0 Å². The minimum atomic E-state index is -3.77. The molecule has 112 valence electrons. The van der Waals surface area contributed by atoms with E-state index in [0.29, 0.717) is 27.5 Å². The summed E-state index contributed by atoms with van der Waals surface area (Å²) in [5.41, 5.74) is 0.369. The van der Waals surface area contributed by atoms with E-state index in [1.807, 2.05) is 6.92 Å². The van der Waals surface area contributed by atoms with Crippen LogP contribution >= 0.6 is 27.5 Å². The maximum atomic E-state index is 12.5. The van der Waals surface area contributed by atoms with Gasteiger partial charge in [0.1, 0.15) is 10.7 Å².